The molecule has 1 atom stereocenters. The van der Waals surface area contributed by atoms with E-state index in [0.717, 1.165) is 5.33 Å². The van der Waals surface area contributed by atoms with Gasteiger partial charge in [0.25, 0.3) is 0 Å². The standard InChI is InChI=1S/C11H9BrCl2FNO/c12-4-6-1-10(17)16(5-6)7-2-8(13)11(15)9(14)3-7/h2-3,6H,1,4-5H2. The second-order valence-electron chi connectivity index (χ2n) is 3.95. The number of carbonyl (C=O) groups is 1. The van der Waals surface area contributed by atoms with Gasteiger partial charge in [0.2, 0.25) is 5.91 Å². The Labute approximate surface area is 117 Å². The summed E-state index contributed by atoms with van der Waals surface area (Å²) >= 11 is 14.8. The number of amides is 1. The minimum Gasteiger partial charge on any atom is -0.312 e. The van der Waals surface area contributed by atoms with Crippen molar-refractivity contribution >= 4 is 50.7 Å². The number of nitrogens with zero attached hydrogens (tertiary/aromatic N) is 1. The summed E-state index contributed by atoms with van der Waals surface area (Å²) in [7, 11) is 0. The van der Waals surface area contributed by atoms with E-state index in [-0.39, 0.29) is 21.9 Å². The van der Waals surface area contributed by atoms with Crippen LogP contribution in [0.25, 0.3) is 0 Å². The van der Waals surface area contributed by atoms with Gasteiger partial charge in [0.1, 0.15) is 0 Å². The zero-order valence-corrected chi connectivity index (χ0v) is 11.8. The van der Waals surface area contributed by atoms with E-state index in [1.807, 2.05) is 0 Å². The van der Waals surface area contributed by atoms with Crippen molar-refractivity contribution in [2.45, 2.75) is 6.42 Å². The van der Waals surface area contributed by atoms with Gasteiger partial charge in [0.05, 0.1) is 10.0 Å². The summed E-state index contributed by atoms with van der Waals surface area (Å²) in [5.74, 6) is -0.376. The van der Waals surface area contributed by atoms with Crippen LogP contribution in [-0.2, 0) is 4.79 Å². The number of hydrogen-bond donors (Lipinski definition) is 0. The number of anilines is 1. The lowest BCUT2D eigenvalue weighted by molar-refractivity contribution is -0.117. The van der Waals surface area contributed by atoms with Crippen LogP contribution in [0.2, 0.25) is 10.0 Å². The zero-order valence-electron chi connectivity index (χ0n) is 8.72. The molecule has 0 aliphatic carbocycles. The Kier molecular flexibility index (Phi) is 3.95. The Hall–Kier alpha value is -0.320. The fraction of sp³-hybridized carbons (Fsp3) is 0.364. The van der Waals surface area contributed by atoms with E-state index in [2.05, 4.69) is 15.9 Å². The van der Waals surface area contributed by atoms with E-state index in [4.69, 9.17) is 23.2 Å². The van der Waals surface area contributed by atoms with Crippen LogP contribution < -0.4 is 4.90 Å². The number of hydrogen-bond acceptors (Lipinski definition) is 1. The maximum Gasteiger partial charge on any atom is 0.227 e. The smallest absolute Gasteiger partial charge is 0.227 e. The van der Waals surface area contributed by atoms with Crippen LogP contribution in [0.5, 0.6) is 0 Å². The van der Waals surface area contributed by atoms with Gasteiger partial charge in [-0.05, 0) is 18.1 Å². The molecule has 1 unspecified atom stereocenters. The molecule has 1 aromatic carbocycles. The highest BCUT2D eigenvalue weighted by molar-refractivity contribution is 9.09. The predicted molar refractivity (Wildman–Crippen MR) is 70.7 cm³/mol. The average Bonchev–Trinajstić information content (AvgIpc) is 2.67. The molecule has 0 aromatic heterocycles. The Bertz CT molecular complexity index is 446. The molecular formula is C11H9BrCl2FNO. The monoisotopic (exact) mass is 339 g/mol. The highest BCUT2D eigenvalue weighted by atomic mass is 79.9. The third-order valence-corrected chi connectivity index (χ3v) is 4.17. The second kappa shape index (κ2) is 5.12. The molecule has 1 aliphatic rings. The summed E-state index contributed by atoms with van der Waals surface area (Å²) in [6, 6.07) is 2.86. The van der Waals surface area contributed by atoms with Crippen LogP contribution in [0.15, 0.2) is 12.1 Å². The topological polar surface area (TPSA) is 20.3 Å². The van der Waals surface area contributed by atoms with E-state index < -0.39 is 5.82 Å². The maximum atomic E-state index is 13.3. The Balaban J connectivity index is 2.32. The lowest BCUT2D eigenvalue weighted by Crippen LogP contribution is -2.24. The minimum atomic E-state index is -0.652. The molecule has 6 heteroatoms. The van der Waals surface area contributed by atoms with Gasteiger partial charge in [-0.1, -0.05) is 39.1 Å². The van der Waals surface area contributed by atoms with Crippen molar-refractivity contribution in [1.82, 2.24) is 0 Å². The molecule has 92 valence electrons. The molecule has 1 fully saturated rings. The molecule has 17 heavy (non-hydrogen) atoms. The fourth-order valence-corrected chi connectivity index (χ4v) is 2.74. The molecule has 0 N–H and O–H groups in total. The number of halogens is 4. The highest BCUT2D eigenvalue weighted by Gasteiger charge is 2.30. The SMILES string of the molecule is O=C1CC(CBr)CN1c1cc(Cl)c(F)c(Cl)c1. The quantitative estimate of drug-likeness (QED) is 0.591. The number of rotatable bonds is 2. The first-order valence-corrected chi connectivity index (χ1v) is 6.91. The Morgan fingerprint density at radius 2 is 2.00 bits per heavy atom. The molecule has 2 rings (SSSR count). The largest absolute Gasteiger partial charge is 0.312 e. The lowest BCUT2D eigenvalue weighted by Gasteiger charge is -2.17. The van der Waals surface area contributed by atoms with Crippen molar-refractivity contribution in [3.63, 3.8) is 0 Å². The number of benzene rings is 1. The first kappa shape index (κ1) is 13.1. The summed E-state index contributed by atoms with van der Waals surface area (Å²) in [5, 5.41) is 0.628. The van der Waals surface area contributed by atoms with Crippen molar-refractivity contribution in [2.75, 3.05) is 16.8 Å². The van der Waals surface area contributed by atoms with Gasteiger partial charge in [-0.3, -0.25) is 4.79 Å². The molecule has 2 nitrogen and oxygen atoms in total. The van der Waals surface area contributed by atoms with Gasteiger partial charge in [0, 0.05) is 24.0 Å². The van der Waals surface area contributed by atoms with Crippen LogP contribution in [-0.4, -0.2) is 17.8 Å². The molecule has 0 bridgehead atoms. The van der Waals surface area contributed by atoms with Crippen LogP contribution in [0.1, 0.15) is 6.42 Å². The van der Waals surface area contributed by atoms with Gasteiger partial charge in [0.15, 0.2) is 5.82 Å². The van der Waals surface area contributed by atoms with Crippen LogP contribution >= 0.6 is 39.1 Å². The van der Waals surface area contributed by atoms with E-state index >= 15 is 0 Å². The van der Waals surface area contributed by atoms with Crippen molar-refractivity contribution in [2.24, 2.45) is 5.92 Å². The van der Waals surface area contributed by atoms with Crippen molar-refractivity contribution in [3.05, 3.63) is 28.0 Å². The van der Waals surface area contributed by atoms with Gasteiger partial charge < -0.3 is 4.90 Å². The second-order valence-corrected chi connectivity index (χ2v) is 5.41. The molecule has 1 amide bonds. The summed E-state index contributed by atoms with van der Waals surface area (Å²) in [6.45, 7) is 0.600. The van der Waals surface area contributed by atoms with Crippen molar-refractivity contribution in [1.29, 1.82) is 0 Å². The Morgan fingerprint density at radius 1 is 1.41 bits per heavy atom. The average molecular weight is 341 g/mol. The van der Waals surface area contributed by atoms with Gasteiger partial charge in [-0.2, -0.15) is 0 Å². The first-order valence-electron chi connectivity index (χ1n) is 5.03. The number of alkyl halides is 1. The minimum absolute atomic E-state index is 0.00758. The van der Waals surface area contributed by atoms with Gasteiger partial charge in [-0.15, -0.1) is 0 Å². The summed E-state index contributed by atoms with van der Waals surface area (Å²) in [5.41, 5.74) is 0.551. The molecule has 1 heterocycles. The molecule has 1 aliphatic heterocycles. The number of carbonyl (C=O) groups excluding carboxylic acids is 1. The molecule has 1 saturated heterocycles. The van der Waals surface area contributed by atoms with Gasteiger partial charge in [-0.25, -0.2) is 4.39 Å². The molecule has 0 radical (unpaired) electrons. The normalized spacial score (nSPS) is 20.1. The van der Waals surface area contributed by atoms with E-state index in [1.54, 1.807) is 4.90 Å². The van der Waals surface area contributed by atoms with E-state index in [0.29, 0.717) is 18.7 Å². The van der Waals surface area contributed by atoms with Crippen LogP contribution in [0.4, 0.5) is 10.1 Å². The zero-order chi connectivity index (χ0) is 12.6. The molecule has 0 spiro atoms. The third-order valence-electron chi connectivity index (χ3n) is 2.70. The predicted octanol–water partition coefficient (Wildman–Crippen LogP) is 3.88. The molecular weight excluding hydrogens is 332 g/mol. The maximum absolute atomic E-state index is 13.3. The van der Waals surface area contributed by atoms with Crippen LogP contribution in [0, 0.1) is 11.7 Å². The van der Waals surface area contributed by atoms with E-state index in [1.165, 1.54) is 12.1 Å². The molecule has 1 aromatic rings. The summed E-state index contributed by atoms with van der Waals surface area (Å²) in [6.07, 6.45) is 0.484. The van der Waals surface area contributed by atoms with Crippen molar-refractivity contribution < 1.29 is 9.18 Å². The van der Waals surface area contributed by atoms with E-state index in [9.17, 15) is 9.18 Å². The lowest BCUT2D eigenvalue weighted by atomic mass is 10.2. The third kappa shape index (κ3) is 2.59. The van der Waals surface area contributed by atoms with Crippen LogP contribution in [0.3, 0.4) is 0 Å². The molecule has 0 saturated carbocycles. The summed E-state index contributed by atoms with van der Waals surface area (Å²) in [4.78, 5) is 13.4. The fourth-order valence-electron chi connectivity index (χ4n) is 1.83. The first-order chi connectivity index (χ1) is 8.02. The van der Waals surface area contributed by atoms with Gasteiger partial charge >= 0.3 is 0 Å². The summed E-state index contributed by atoms with van der Waals surface area (Å²) < 4.78 is 13.3. The highest BCUT2D eigenvalue weighted by Crippen LogP contribution is 2.32. The van der Waals surface area contributed by atoms with Crippen molar-refractivity contribution in [3.8, 4) is 0 Å². The Morgan fingerprint density at radius 3 is 2.47 bits per heavy atom.